The molecule has 0 unspecified atom stereocenters. The third-order valence-electron chi connectivity index (χ3n) is 3.83. The Kier molecular flexibility index (Phi) is 3.90. The number of halogens is 1. The van der Waals surface area contributed by atoms with E-state index in [-0.39, 0.29) is 23.5 Å². The molecule has 0 radical (unpaired) electrons. The predicted molar refractivity (Wildman–Crippen MR) is 82.4 cm³/mol. The van der Waals surface area contributed by atoms with Crippen LogP contribution in [0.15, 0.2) is 40.8 Å². The molecule has 5 nitrogen and oxygen atoms in total. The molecular formula is C16H15ClN2O3. The third kappa shape index (κ3) is 2.72. The first kappa shape index (κ1) is 14.7. The largest absolute Gasteiger partial charge is 0.451 e. The molecule has 0 bridgehead atoms. The first-order chi connectivity index (χ1) is 10.6. The summed E-state index contributed by atoms with van der Waals surface area (Å²) in [5, 5.41) is 0.561. The van der Waals surface area contributed by atoms with Crippen LogP contribution in [-0.4, -0.2) is 29.8 Å². The maximum atomic E-state index is 12.4. The fourth-order valence-electron chi connectivity index (χ4n) is 2.59. The number of nitrogens with zero attached hydrogens (tertiary/aromatic N) is 1. The Bertz CT molecular complexity index is 726. The Morgan fingerprint density at radius 1 is 1.23 bits per heavy atom. The van der Waals surface area contributed by atoms with Crippen LogP contribution in [0.25, 0.3) is 11.3 Å². The van der Waals surface area contributed by atoms with Crippen molar-refractivity contribution in [1.82, 2.24) is 4.90 Å². The van der Waals surface area contributed by atoms with Gasteiger partial charge in [0.25, 0.3) is 5.91 Å². The van der Waals surface area contributed by atoms with E-state index in [0.717, 1.165) is 5.56 Å². The molecule has 2 amide bonds. The van der Waals surface area contributed by atoms with E-state index in [0.29, 0.717) is 30.3 Å². The van der Waals surface area contributed by atoms with Crippen LogP contribution in [0.5, 0.6) is 0 Å². The van der Waals surface area contributed by atoms with Crippen LogP contribution in [0.2, 0.25) is 5.02 Å². The van der Waals surface area contributed by atoms with Gasteiger partial charge in [0.15, 0.2) is 5.76 Å². The van der Waals surface area contributed by atoms with E-state index in [2.05, 4.69) is 0 Å². The van der Waals surface area contributed by atoms with Gasteiger partial charge >= 0.3 is 0 Å². The second kappa shape index (κ2) is 5.85. The highest BCUT2D eigenvalue weighted by Crippen LogP contribution is 2.30. The lowest BCUT2D eigenvalue weighted by atomic mass is 10.1. The summed E-state index contributed by atoms with van der Waals surface area (Å²) in [6.45, 7) is 0.852. The van der Waals surface area contributed by atoms with Crippen molar-refractivity contribution in [2.45, 2.75) is 6.42 Å². The summed E-state index contributed by atoms with van der Waals surface area (Å²) >= 11 is 6.12. The number of benzene rings is 1. The Hall–Kier alpha value is -2.27. The zero-order valence-corrected chi connectivity index (χ0v) is 12.5. The van der Waals surface area contributed by atoms with Crippen molar-refractivity contribution in [2.24, 2.45) is 11.7 Å². The van der Waals surface area contributed by atoms with Crippen molar-refractivity contribution in [3.8, 4) is 11.3 Å². The molecule has 1 aromatic carbocycles. The average molecular weight is 319 g/mol. The Morgan fingerprint density at radius 2 is 2.00 bits per heavy atom. The van der Waals surface area contributed by atoms with Crippen molar-refractivity contribution >= 4 is 23.4 Å². The first-order valence-corrected chi connectivity index (χ1v) is 7.37. The van der Waals surface area contributed by atoms with E-state index < -0.39 is 0 Å². The van der Waals surface area contributed by atoms with Gasteiger partial charge in [-0.3, -0.25) is 9.59 Å². The molecule has 1 fully saturated rings. The molecule has 114 valence electrons. The van der Waals surface area contributed by atoms with Crippen molar-refractivity contribution in [3.63, 3.8) is 0 Å². The molecule has 1 aromatic heterocycles. The summed E-state index contributed by atoms with van der Waals surface area (Å²) < 4.78 is 5.63. The summed E-state index contributed by atoms with van der Waals surface area (Å²) in [6, 6.07) is 10.6. The molecule has 2 heterocycles. The van der Waals surface area contributed by atoms with Crippen molar-refractivity contribution in [1.29, 1.82) is 0 Å². The van der Waals surface area contributed by atoms with Crippen LogP contribution in [0.4, 0.5) is 0 Å². The Balaban J connectivity index is 1.78. The lowest BCUT2D eigenvalue weighted by Crippen LogP contribution is -2.31. The van der Waals surface area contributed by atoms with Gasteiger partial charge in [-0.1, -0.05) is 23.7 Å². The smallest absolute Gasteiger partial charge is 0.289 e. The molecule has 3 rings (SSSR count). The minimum Gasteiger partial charge on any atom is -0.451 e. The van der Waals surface area contributed by atoms with Gasteiger partial charge in [-0.15, -0.1) is 0 Å². The molecule has 1 aliphatic heterocycles. The van der Waals surface area contributed by atoms with Crippen LogP contribution in [-0.2, 0) is 4.79 Å². The van der Waals surface area contributed by atoms with Gasteiger partial charge in [0.2, 0.25) is 5.91 Å². The van der Waals surface area contributed by atoms with E-state index in [4.69, 9.17) is 21.8 Å². The number of likely N-dealkylation sites (tertiary alicyclic amines) is 1. The summed E-state index contributed by atoms with van der Waals surface area (Å²) in [5.74, 6) is -0.102. The van der Waals surface area contributed by atoms with Crippen LogP contribution >= 0.6 is 11.6 Å². The molecule has 1 saturated heterocycles. The zero-order chi connectivity index (χ0) is 15.7. The highest BCUT2D eigenvalue weighted by molar-refractivity contribution is 6.33. The van der Waals surface area contributed by atoms with E-state index in [1.807, 2.05) is 18.2 Å². The molecular weight excluding hydrogens is 304 g/mol. The van der Waals surface area contributed by atoms with Crippen LogP contribution in [0.3, 0.4) is 0 Å². The highest BCUT2D eigenvalue weighted by Gasteiger charge is 2.31. The maximum Gasteiger partial charge on any atom is 0.289 e. The molecule has 6 heteroatoms. The second-order valence-electron chi connectivity index (χ2n) is 5.28. The Morgan fingerprint density at radius 3 is 2.68 bits per heavy atom. The Labute approximate surface area is 132 Å². The van der Waals surface area contributed by atoms with Gasteiger partial charge in [-0.2, -0.15) is 0 Å². The van der Waals surface area contributed by atoms with E-state index in [9.17, 15) is 9.59 Å². The standard InChI is InChI=1S/C16H15ClN2O3/c17-12-4-2-1-3-11(12)13-5-6-14(22-13)16(21)19-8-7-10(9-19)15(18)20/h1-6,10H,7-9H2,(H2,18,20)/t10-/m0/s1. The number of nitrogens with two attached hydrogens (primary N) is 1. The fraction of sp³-hybridized carbons (Fsp3) is 0.250. The molecule has 1 atom stereocenters. The molecule has 2 N–H and O–H groups in total. The van der Waals surface area contributed by atoms with Crippen LogP contribution < -0.4 is 5.73 Å². The quantitative estimate of drug-likeness (QED) is 0.944. The molecule has 0 spiro atoms. The zero-order valence-electron chi connectivity index (χ0n) is 11.8. The topological polar surface area (TPSA) is 76.5 Å². The maximum absolute atomic E-state index is 12.4. The fourth-order valence-corrected chi connectivity index (χ4v) is 2.82. The molecule has 0 aliphatic carbocycles. The van der Waals surface area contributed by atoms with Gasteiger partial charge in [0, 0.05) is 18.7 Å². The number of rotatable bonds is 3. The van der Waals surface area contributed by atoms with Gasteiger partial charge in [-0.25, -0.2) is 0 Å². The molecule has 2 aromatic rings. The van der Waals surface area contributed by atoms with E-state index >= 15 is 0 Å². The number of carbonyl (C=O) groups is 2. The molecule has 0 saturated carbocycles. The van der Waals surface area contributed by atoms with Crippen LogP contribution in [0, 0.1) is 5.92 Å². The van der Waals surface area contributed by atoms with Gasteiger partial charge in [0.05, 0.1) is 10.9 Å². The number of primary amides is 1. The van der Waals surface area contributed by atoms with Gasteiger partial charge in [-0.05, 0) is 30.7 Å². The summed E-state index contributed by atoms with van der Waals surface area (Å²) in [6.07, 6.45) is 0.596. The third-order valence-corrected chi connectivity index (χ3v) is 4.16. The monoisotopic (exact) mass is 318 g/mol. The van der Waals surface area contributed by atoms with Gasteiger partial charge < -0.3 is 15.1 Å². The first-order valence-electron chi connectivity index (χ1n) is 6.99. The minimum atomic E-state index is -0.369. The van der Waals surface area contributed by atoms with Gasteiger partial charge in [0.1, 0.15) is 5.76 Å². The number of furan rings is 1. The summed E-state index contributed by atoms with van der Waals surface area (Å²) in [5.41, 5.74) is 6.02. The average Bonchev–Trinajstić information content (AvgIpc) is 3.17. The normalized spacial score (nSPS) is 17.7. The summed E-state index contributed by atoms with van der Waals surface area (Å²) in [7, 11) is 0. The lowest BCUT2D eigenvalue weighted by Gasteiger charge is -2.13. The number of hydrogen-bond donors (Lipinski definition) is 1. The number of carbonyl (C=O) groups excluding carboxylic acids is 2. The second-order valence-corrected chi connectivity index (χ2v) is 5.69. The number of amides is 2. The van der Waals surface area contributed by atoms with Crippen LogP contribution in [0.1, 0.15) is 17.0 Å². The van der Waals surface area contributed by atoms with E-state index in [1.165, 1.54) is 0 Å². The number of hydrogen-bond acceptors (Lipinski definition) is 3. The molecule has 22 heavy (non-hydrogen) atoms. The summed E-state index contributed by atoms with van der Waals surface area (Å²) in [4.78, 5) is 25.2. The SMILES string of the molecule is NC(=O)[C@H]1CCN(C(=O)c2ccc(-c3ccccc3Cl)o2)C1. The lowest BCUT2D eigenvalue weighted by molar-refractivity contribution is -0.121. The van der Waals surface area contributed by atoms with E-state index in [1.54, 1.807) is 23.1 Å². The van der Waals surface area contributed by atoms with Crippen molar-refractivity contribution in [3.05, 3.63) is 47.2 Å². The predicted octanol–water partition coefficient (Wildman–Crippen LogP) is 2.55. The molecule has 1 aliphatic rings. The minimum absolute atomic E-state index is 0.234. The van der Waals surface area contributed by atoms with Crippen molar-refractivity contribution in [2.75, 3.05) is 13.1 Å². The van der Waals surface area contributed by atoms with Crippen molar-refractivity contribution < 1.29 is 14.0 Å². The highest BCUT2D eigenvalue weighted by atomic mass is 35.5.